The van der Waals surface area contributed by atoms with Crippen LogP contribution in [0.2, 0.25) is 0 Å². The fourth-order valence-electron chi connectivity index (χ4n) is 3.76. The van der Waals surface area contributed by atoms with Gasteiger partial charge in [-0.3, -0.25) is 4.79 Å². The van der Waals surface area contributed by atoms with Crippen LogP contribution in [0, 0.1) is 0 Å². The Morgan fingerprint density at radius 2 is 1.84 bits per heavy atom. The first-order chi connectivity index (χ1) is 14.7. The molecule has 160 valence electrons. The molecule has 0 amide bonds. The monoisotopic (exact) mass is 419 g/mol. The minimum Gasteiger partial charge on any atom is -0.507 e. The number of hydrogen-bond donors (Lipinski definition) is 1. The van der Waals surface area contributed by atoms with Crippen LogP contribution in [0.3, 0.4) is 0 Å². The molecule has 1 aliphatic rings. The highest BCUT2D eigenvalue weighted by molar-refractivity contribution is 6.43. The van der Waals surface area contributed by atoms with Crippen molar-refractivity contribution in [3.8, 4) is 5.75 Å². The van der Waals surface area contributed by atoms with Gasteiger partial charge < -0.3 is 19.1 Å². The Morgan fingerprint density at radius 1 is 1.13 bits per heavy atom. The number of hydrogen-bond acceptors (Lipinski definition) is 5. The van der Waals surface area contributed by atoms with E-state index in [0.717, 1.165) is 16.5 Å². The number of carbonyl (C=O) groups is 2. The van der Waals surface area contributed by atoms with Crippen molar-refractivity contribution in [2.45, 2.75) is 32.7 Å². The minimum atomic E-state index is -0.943. The van der Waals surface area contributed by atoms with Gasteiger partial charge in [0.1, 0.15) is 18.1 Å². The van der Waals surface area contributed by atoms with Gasteiger partial charge >= 0.3 is 5.97 Å². The zero-order valence-electron chi connectivity index (χ0n) is 18.1. The molecule has 1 aromatic heterocycles. The Morgan fingerprint density at radius 3 is 2.42 bits per heavy atom. The summed E-state index contributed by atoms with van der Waals surface area (Å²) in [4.78, 5) is 23.6. The third-order valence-corrected chi connectivity index (χ3v) is 5.61. The summed E-state index contributed by atoms with van der Waals surface area (Å²) in [7, 11) is 1.57. The third-order valence-electron chi connectivity index (χ3n) is 5.61. The summed E-state index contributed by atoms with van der Waals surface area (Å²) in [6.45, 7) is 6.89. The van der Waals surface area contributed by atoms with E-state index in [0.29, 0.717) is 17.9 Å². The Balaban J connectivity index is 1.79. The average molecular weight is 419 g/mol. The van der Waals surface area contributed by atoms with E-state index in [2.05, 4.69) is 45.0 Å². The first-order valence-corrected chi connectivity index (χ1v) is 10.1. The summed E-state index contributed by atoms with van der Waals surface area (Å²) < 4.78 is 12.1. The van der Waals surface area contributed by atoms with Gasteiger partial charge in [0.2, 0.25) is 0 Å². The van der Waals surface area contributed by atoms with Gasteiger partial charge in [0.15, 0.2) is 0 Å². The SMILES string of the molecule is COc1ccc2c(c1)c(C(O)=C1COC(=O)C1=O)cn2Cc1ccc(C(C)(C)C)cc1. The van der Waals surface area contributed by atoms with E-state index < -0.39 is 11.8 Å². The largest absolute Gasteiger partial charge is 0.507 e. The second-order valence-electron chi connectivity index (χ2n) is 8.73. The van der Waals surface area contributed by atoms with E-state index in [1.54, 1.807) is 13.3 Å². The normalized spacial score (nSPS) is 16.0. The molecule has 0 atom stereocenters. The van der Waals surface area contributed by atoms with E-state index in [1.165, 1.54) is 5.56 Å². The molecule has 1 fully saturated rings. The van der Waals surface area contributed by atoms with Crippen LogP contribution >= 0.6 is 0 Å². The Labute approximate surface area is 180 Å². The molecule has 6 nitrogen and oxygen atoms in total. The molecule has 0 saturated carbocycles. The van der Waals surface area contributed by atoms with Crippen LogP contribution in [0.15, 0.2) is 54.2 Å². The Hall–Kier alpha value is -3.54. The minimum absolute atomic E-state index is 0.0265. The van der Waals surface area contributed by atoms with Crippen LogP contribution in [0.1, 0.15) is 37.5 Å². The van der Waals surface area contributed by atoms with E-state index in [9.17, 15) is 14.7 Å². The lowest BCUT2D eigenvalue weighted by Gasteiger charge is -2.19. The van der Waals surface area contributed by atoms with Crippen LogP contribution in [0.25, 0.3) is 16.7 Å². The number of benzene rings is 2. The summed E-state index contributed by atoms with van der Waals surface area (Å²) >= 11 is 0. The van der Waals surface area contributed by atoms with E-state index in [4.69, 9.17) is 9.47 Å². The molecule has 31 heavy (non-hydrogen) atoms. The number of aliphatic hydroxyl groups is 1. The van der Waals surface area contributed by atoms with Gasteiger partial charge in [0, 0.05) is 29.2 Å². The highest BCUT2D eigenvalue weighted by Gasteiger charge is 2.33. The molecule has 0 unspecified atom stereocenters. The first kappa shape index (κ1) is 20.7. The summed E-state index contributed by atoms with van der Waals surface area (Å²) in [6.07, 6.45) is 1.79. The highest BCUT2D eigenvalue weighted by Crippen LogP contribution is 2.33. The highest BCUT2D eigenvalue weighted by atomic mass is 16.5. The second kappa shape index (κ2) is 7.61. The number of ketones is 1. The average Bonchev–Trinajstić information content (AvgIpc) is 3.27. The molecule has 3 aromatic rings. The summed E-state index contributed by atoms with van der Waals surface area (Å²) in [6, 6.07) is 14.0. The van der Waals surface area contributed by atoms with Crippen LogP contribution in [-0.4, -0.2) is 35.1 Å². The van der Waals surface area contributed by atoms with Crippen molar-refractivity contribution in [3.05, 3.63) is 70.9 Å². The lowest BCUT2D eigenvalue weighted by atomic mass is 9.87. The molecule has 0 aliphatic carbocycles. The van der Waals surface area contributed by atoms with Crippen LogP contribution in [-0.2, 0) is 26.3 Å². The molecule has 1 saturated heterocycles. The van der Waals surface area contributed by atoms with E-state index >= 15 is 0 Å². The van der Waals surface area contributed by atoms with E-state index in [-0.39, 0.29) is 23.4 Å². The van der Waals surface area contributed by atoms with Gasteiger partial charge in [-0.2, -0.15) is 0 Å². The van der Waals surface area contributed by atoms with Crippen molar-refractivity contribution >= 4 is 28.4 Å². The topological polar surface area (TPSA) is 77.8 Å². The molecule has 6 heteroatoms. The lowest BCUT2D eigenvalue weighted by molar-refractivity contribution is -0.146. The standard InChI is InChI=1S/C25H25NO5/c1-25(2,3)16-7-5-15(6-8-16)12-26-13-19(18-11-17(30-4)9-10-21(18)26)22(27)20-14-31-24(29)23(20)28/h5-11,13,27H,12,14H2,1-4H3. The maximum atomic E-state index is 12.1. The lowest BCUT2D eigenvalue weighted by Crippen LogP contribution is -2.11. The van der Waals surface area contributed by atoms with Crippen molar-refractivity contribution in [3.63, 3.8) is 0 Å². The molecule has 4 rings (SSSR count). The van der Waals surface area contributed by atoms with Crippen molar-refractivity contribution in [2.24, 2.45) is 0 Å². The number of aromatic nitrogens is 1. The maximum absolute atomic E-state index is 12.1. The molecule has 0 spiro atoms. The molecule has 2 aromatic carbocycles. The fourth-order valence-corrected chi connectivity index (χ4v) is 3.76. The Bertz CT molecular complexity index is 1210. The van der Waals surface area contributed by atoms with Crippen LogP contribution in [0.5, 0.6) is 5.75 Å². The van der Waals surface area contributed by atoms with Crippen molar-refractivity contribution in [1.82, 2.24) is 4.57 Å². The third kappa shape index (κ3) is 3.81. The number of nitrogens with zero attached hydrogens (tertiary/aromatic N) is 1. The van der Waals surface area contributed by atoms with Gasteiger partial charge in [0.25, 0.3) is 5.78 Å². The molecule has 0 bridgehead atoms. The van der Waals surface area contributed by atoms with Crippen LogP contribution in [0.4, 0.5) is 0 Å². The van der Waals surface area contributed by atoms with Crippen molar-refractivity contribution < 1.29 is 24.2 Å². The van der Waals surface area contributed by atoms with E-state index in [1.807, 2.05) is 22.8 Å². The molecule has 1 aliphatic heterocycles. The van der Waals surface area contributed by atoms with Gasteiger partial charge in [-0.1, -0.05) is 45.0 Å². The van der Waals surface area contributed by atoms with Gasteiger partial charge in [-0.15, -0.1) is 0 Å². The number of esters is 1. The molecule has 2 heterocycles. The number of aliphatic hydroxyl groups excluding tert-OH is 1. The number of ether oxygens (including phenoxy) is 2. The van der Waals surface area contributed by atoms with Crippen molar-refractivity contribution in [2.75, 3.05) is 13.7 Å². The Kier molecular flexibility index (Phi) is 5.09. The molecular formula is C25H25NO5. The van der Waals surface area contributed by atoms with Gasteiger partial charge in [0.05, 0.1) is 12.7 Å². The number of fused-ring (bicyclic) bond motifs is 1. The number of carbonyl (C=O) groups excluding carboxylic acids is 2. The van der Waals surface area contributed by atoms with Gasteiger partial charge in [-0.05, 0) is 34.7 Å². The van der Waals surface area contributed by atoms with Crippen molar-refractivity contribution in [1.29, 1.82) is 0 Å². The summed E-state index contributed by atoms with van der Waals surface area (Å²) in [5.74, 6) is -1.36. The predicted molar refractivity (Wildman–Crippen MR) is 118 cm³/mol. The summed E-state index contributed by atoms with van der Waals surface area (Å²) in [5.41, 5.74) is 3.75. The quantitative estimate of drug-likeness (QED) is 0.294. The number of Topliss-reactive ketones (excluding diaryl/α,β-unsaturated/α-hetero) is 1. The second-order valence-corrected chi connectivity index (χ2v) is 8.73. The molecular weight excluding hydrogens is 394 g/mol. The van der Waals surface area contributed by atoms with Gasteiger partial charge in [-0.25, -0.2) is 4.79 Å². The van der Waals surface area contributed by atoms with Crippen LogP contribution < -0.4 is 4.74 Å². The molecule has 1 N–H and O–H groups in total. The smallest absolute Gasteiger partial charge is 0.379 e. The molecule has 0 radical (unpaired) electrons. The maximum Gasteiger partial charge on any atom is 0.379 e. The fraction of sp³-hybridized carbons (Fsp3) is 0.280. The first-order valence-electron chi connectivity index (χ1n) is 10.1. The number of methoxy groups -OCH3 is 1. The number of cyclic esters (lactones) is 1. The summed E-state index contributed by atoms with van der Waals surface area (Å²) in [5, 5.41) is 11.6. The predicted octanol–water partition coefficient (Wildman–Crippen LogP) is 4.39. The number of rotatable bonds is 4. The zero-order valence-corrected chi connectivity index (χ0v) is 18.1. The zero-order chi connectivity index (χ0) is 22.3.